The third-order valence-corrected chi connectivity index (χ3v) is 5.34. The number of amides is 2. The first-order chi connectivity index (χ1) is 12.4. The maximum absolute atomic E-state index is 12.4. The van der Waals surface area contributed by atoms with E-state index in [4.69, 9.17) is 16.3 Å². The second-order valence-electron chi connectivity index (χ2n) is 5.92. The van der Waals surface area contributed by atoms with Gasteiger partial charge in [0.1, 0.15) is 5.25 Å². The van der Waals surface area contributed by atoms with E-state index in [0.29, 0.717) is 29.6 Å². The van der Waals surface area contributed by atoms with Crippen LogP contribution in [0.1, 0.15) is 0 Å². The number of anilines is 1. The molecule has 26 heavy (non-hydrogen) atoms. The van der Waals surface area contributed by atoms with E-state index in [9.17, 15) is 14.4 Å². The molecule has 1 aliphatic heterocycles. The molecule has 1 heterocycles. The minimum absolute atomic E-state index is 0.0555. The molecule has 1 saturated heterocycles. The van der Waals surface area contributed by atoms with Crippen LogP contribution in [0, 0.1) is 0 Å². The Morgan fingerprint density at radius 2 is 2.08 bits per heavy atom. The number of benzene rings is 1. The summed E-state index contributed by atoms with van der Waals surface area (Å²) in [5.41, 5.74) is 0.535. The van der Waals surface area contributed by atoms with Crippen molar-refractivity contribution in [3.63, 3.8) is 0 Å². The molecule has 1 aromatic carbocycles. The Balaban J connectivity index is 1.82. The lowest BCUT2D eigenvalue weighted by molar-refractivity contribution is -0.141. The fourth-order valence-corrected chi connectivity index (χ4v) is 3.85. The number of carbonyl (C=O) groups excluding carboxylic acids is 3. The molecule has 2 amide bonds. The largest absolute Gasteiger partial charge is 0.468 e. The van der Waals surface area contributed by atoms with Crippen LogP contribution < -0.4 is 5.32 Å². The third kappa shape index (κ3) is 5.89. The number of carbonyl (C=O) groups is 3. The Labute approximate surface area is 162 Å². The van der Waals surface area contributed by atoms with Crippen molar-refractivity contribution < 1.29 is 19.1 Å². The molecule has 9 heteroatoms. The van der Waals surface area contributed by atoms with Crippen LogP contribution in [0.15, 0.2) is 24.3 Å². The summed E-state index contributed by atoms with van der Waals surface area (Å²) in [6.45, 7) is 1.06. The van der Waals surface area contributed by atoms with Crippen molar-refractivity contribution in [3.8, 4) is 0 Å². The zero-order valence-corrected chi connectivity index (χ0v) is 16.3. The van der Waals surface area contributed by atoms with Crippen molar-refractivity contribution >= 4 is 46.8 Å². The van der Waals surface area contributed by atoms with Gasteiger partial charge >= 0.3 is 5.97 Å². The number of likely N-dealkylation sites (N-methyl/N-ethyl adjacent to an activating group) is 1. The number of methoxy groups -OCH3 is 1. The van der Waals surface area contributed by atoms with Crippen molar-refractivity contribution in [3.05, 3.63) is 29.3 Å². The van der Waals surface area contributed by atoms with E-state index in [0.717, 1.165) is 0 Å². The minimum atomic E-state index is -0.355. The first-order valence-corrected chi connectivity index (χ1v) is 9.53. The van der Waals surface area contributed by atoms with Gasteiger partial charge in [0.15, 0.2) is 0 Å². The summed E-state index contributed by atoms with van der Waals surface area (Å²) in [4.78, 5) is 39.5. The molecule has 0 unspecified atom stereocenters. The summed E-state index contributed by atoms with van der Waals surface area (Å²) < 4.78 is 4.75. The van der Waals surface area contributed by atoms with Crippen LogP contribution in [0.3, 0.4) is 0 Å². The van der Waals surface area contributed by atoms with Gasteiger partial charge in [-0.25, -0.2) is 0 Å². The van der Waals surface area contributed by atoms with Crippen LogP contribution in [-0.2, 0) is 19.1 Å². The van der Waals surface area contributed by atoms with Crippen LogP contribution in [-0.4, -0.2) is 78.9 Å². The van der Waals surface area contributed by atoms with Gasteiger partial charge in [0.2, 0.25) is 11.8 Å². The quantitative estimate of drug-likeness (QED) is 0.727. The van der Waals surface area contributed by atoms with Crippen LogP contribution in [0.2, 0.25) is 5.02 Å². The van der Waals surface area contributed by atoms with Crippen LogP contribution >= 0.6 is 23.4 Å². The summed E-state index contributed by atoms with van der Waals surface area (Å²) in [6.07, 6.45) is 0. The molecule has 2 rings (SSSR count). The van der Waals surface area contributed by atoms with Gasteiger partial charge in [-0.15, -0.1) is 11.8 Å². The lowest BCUT2D eigenvalue weighted by atomic mass is 10.3. The third-order valence-electron chi connectivity index (χ3n) is 3.85. The Morgan fingerprint density at radius 1 is 1.35 bits per heavy atom. The Hall–Kier alpha value is -1.77. The van der Waals surface area contributed by atoms with Crippen LogP contribution in [0.5, 0.6) is 0 Å². The first kappa shape index (κ1) is 20.5. The molecule has 142 valence electrons. The number of rotatable bonds is 6. The summed E-state index contributed by atoms with van der Waals surface area (Å²) in [7, 11) is 3.04. The van der Waals surface area contributed by atoms with Crippen molar-refractivity contribution in [2.75, 3.05) is 51.4 Å². The number of nitrogens with zero attached hydrogens (tertiary/aromatic N) is 2. The van der Waals surface area contributed by atoms with Gasteiger partial charge in [0.05, 0.1) is 30.9 Å². The molecule has 0 saturated carbocycles. The molecule has 1 aliphatic rings. The Morgan fingerprint density at radius 3 is 2.77 bits per heavy atom. The van der Waals surface area contributed by atoms with Crippen molar-refractivity contribution in [2.24, 2.45) is 0 Å². The normalized spacial score (nSPS) is 17.1. The molecule has 1 fully saturated rings. The van der Waals surface area contributed by atoms with Gasteiger partial charge in [0.25, 0.3) is 0 Å². The predicted octanol–water partition coefficient (Wildman–Crippen LogP) is 1.33. The molecule has 7 nitrogen and oxygen atoms in total. The molecule has 1 aromatic rings. The Bertz CT molecular complexity index is 673. The average molecular weight is 400 g/mol. The standard InChI is InChI=1S/C17H22ClN3O4S/c1-20(10-15(22)19-13-6-4-3-5-12(13)18)11-16(23)21-7-8-26-14(9-21)17(24)25-2/h3-6,14H,7-11H2,1-2H3,(H,19,22)/t14-/m1/s1. The molecule has 0 aliphatic carbocycles. The summed E-state index contributed by atoms with van der Waals surface area (Å²) in [5, 5.41) is 2.82. The van der Waals surface area contributed by atoms with E-state index < -0.39 is 0 Å². The van der Waals surface area contributed by atoms with Gasteiger partial charge < -0.3 is 15.0 Å². The van der Waals surface area contributed by atoms with Crippen LogP contribution in [0.4, 0.5) is 5.69 Å². The van der Waals surface area contributed by atoms with Crippen LogP contribution in [0.25, 0.3) is 0 Å². The number of ether oxygens (including phenoxy) is 1. The van der Waals surface area contributed by atoms with E-state index in [-0.39, 0.29) is 36.1 Å². The fourth-order valence-electron chi connectivity index (χ4n) is 2.53. The number of hydrogen-bond acceptors (Lipinski definition) is 6. The fraction of sp³-hybridized carbons (Fsp3) is 0.471. The topological polar surface area (TPSA) is 79.0 Å². The first-order valence-electron chi connectivity index (χ1n) is 8.11. The molecular weight excluding hydrogens is 378 g/mol. The SMILES string of the molecule is COC(=O)[C@H]1CN(C(=O)CN(C)CC(=O)Nc2ccccc2Cl)CCS1. The molecule has 0 bridgehead atoms. The van der Waals surface area contributed by atoms with E-state index >= 15 is 0 Å². The maximum atomic E-state index is 12.4. The number of para-hydroxylation sites is 1. The van der Waals surface area contributed by atoms with Crippen molar-refractivity contribution in [2.45, 2.75) is 5.25 Å². The van der Waals surface area contributed by atoms with Gasteiger partial charge in [-0.05, 0) is 19.2 Å². The highest BCUT2D eigenvalue weighted by molar-refractivity contribution is 8.00. The summed E-state index contributed by atoms with van der Waals surface area (Å²) in [6, 6.07) is 6.96. The lowest BCUT2D eigenvalue weighted by Gasteiger charge is -2.32. The Kier molecular flexibility index (Phi) is 7.74. The number of esters is 1. The zero-order valence-electron chi connectivity index (χ0n) is 14.7. The van der Waals surface area contributed by atoms with E-state index in [1.165, 1.54) is 18.9 Å². The lowest BCUT2D eigenvalue weighted by Crippen LogP contribution is -2.48. The number of nitrogens with one attached hydrogen (secondary N) is 1. The average Bonchev–Trinajstić information content (AvgIpc) is 2.62. The van der Waals surface area contributed by atoms with Gasteiger partial charge in [0, 0.05) is 18.8 Å². The van der Waals surface area contributed by atoms with Gasteiger partial charge in [-0.2, -0.15) is 0 Å². The predicted molar refractivity (Wildman–Crippen MR) is 102 cm³/mol. The maximum Gasteiger partial charge on any atom is 0.320 e. The number of thioether (sulfide) groups is 1. The summed E-state index contributed by atoms with van der Waals surface area (Å²) in [5.74, 6) is -0.00960. The molecule has 1 atom stereocenters. The summed E-state index contributed by atoms with van der Waals surface area (Å²) >= 11 is 7.50. The van der Waals surface area contributed by atoms with E-state index in [2.05, 4.69) is 5.32 Å². The molecule has 1 N–H and O–H groups in total. The molecular formula is C17H22ClN3O4S. The smallest absolute Gasteiger partial charge is 0.320 e. The highest BCUT2D eigenvalue weighted by Gasteiger charge is 2.30. The molecule has 0 radical (unpaired) electrons. The number of hydrogen-bond donors (Lipinski definition) is 1. The second kappa shape index (κ2) is 9.80. The minimum Gasteiger partial charge on any atom is -0.468 e. The number of halogens is 1. The van der Waals surface area contributed by atoms with Gasteiger partial charge in [-0.3, -0.25) is 19.3 Å². The van der Waals surface area contributed by atoms with E-state index in [1.807, 2.05) is 0 Å². The monoisotopic (exact) mass is 399 g/mol. The van der Waals surface area contributed by atoms with E-state index in [1.54, 1.807) is 41.1 Å². The van der Waals surface area contributed by atoms with Crippen molar-refractivity contribution in [1.29, 1.82) is 0 Å². The highest BCUT2D eigenvalue weighted by Crippen LogP contribution is 2.21. The molecule has 0 spiro atoms. The second-order valence-corrected chi connectivity index (χ2v) is 7.64. The highest BCUT2D eigenvalue weighted by atomic mass is 35.5. The zero-order chi connectivity index (χ0) is 19.1. The van der Waals surface area contributed by atoms with Crippen molar-refractivity contribution in [1.82, 2.24) is 9.80 Å². The molecule has 0 aromatic heterocycles. The van der Waals surface area contributed by atoms with Gasteiger partial charge in [-0.1, -0.05) is 23.7 Å².